The summed E-state index contributed by atoms with van der Waals surface area (Å²) in [5, 5.41) is 3.83. The third-order valence-electron chi connectivity index (χ3n) is 3.47. The van der Waals surface area contributed by atoms with Crippen molar-refractivity contribution in [2.75, 3.05) is 0 Å². The summed E-state index contributed by atoms with van der Waals surface area (Å²) in [7, 11) is 0. The average molecular weight is 193 g/mol. The van der Waals surface area contributed by atoms with E-state index in [0.29, 0.717) is 6.04 Å². The molecule has 0 spiro atoms. The second-order valence-corrected chi connectivity index (χ2v) is 4.86. The Hall–Kier alpha value is -0.300. The molecule has 0 bridgehead atoms. The lowest BCUT2D eigenvalue weighted by Gasteiger charge is -2.25. The molecule has 1 nitrogen and oxygen atoms in total. The number of allylic oxidation sites excluding steroid dienone is 1. The first-order chi connectivity index (χ1) is 6.90. The van der Waals surface area contributed by atoms with Gasteiger partial charge in [0.15, 0.2) is 0 Å². The molecule has 0 heterocycles. The van der Waals surface area contributed by atoms with Gasteiger partial charge in [0.05, 0.1) is 0 Å². The van der Waals surface area contributed by atoms with Gasteiger partial charge in [-0.15, -0.1) is 0 Å². The van der Waals surface area contributed by atoms with Gasteiger partial charge in [0.25, 0.3) is 0 Å². The fraction of sp³-hybridized carbons (Fsp3) is 0.846. The summed E-state index contributed by atoms with van der Waals surface area (Å²) in [6, 6.07) is 1.49. The van der Waals surface area contributed by atoms with E-state index in [9.17, 15) is 0 Å². The minimum atomic E-state index is 0.681. The van der Waals surface area contributed by atoms with E-state index < -0.39 is 0 Å². The fourth-order valence-corrected chi connectivity index (χ4v) is 2.49. The summed E-state index contributed by atoms with van der Waals surface area (Å²) >= 11 is 0. The highest BCUT2D eigenvalue weighted by Gasteiger charge is 2.31. The zero-order chi connectivity index (χ0) is 9.80. The smallest absolute Gasteiger partial charge is 0.0252 e. The van der Waals surface area contributed by atoms with Crippen molar-refractivity contribution in [2.45, 2.75) is 64.0 Å². The molecule has 1 N–H and O–H groups in total. The molecule has 2 unspecified atom stereocenters. The first-order valence-corrected chi connectivity index (χ1v) is 6.33. The van der Waals surface area contributed by atoms with Crippen LogP contribution in [0.2, 0.25) is 0 Å². The molecule has 1 saturated carbocycles. The summed E-state index contributed by atoms with van der Waals surface area (Å²) in [4.78, 5) is 0. The molecule has 2 atom stereocenters. The minimum Gasteiger partial charge on any atom is -0.307 e. The zero-order valence-corrected chi connectivity index (χ0v) is 9.34. The second kappa shape index (κ2) is 4.97. The highest BCUT2D eigenvalue weighted by Crippen LogP contribution is 2.35. The Morgan fingerprint density at radius 2 is 2.21 bits per heavy atom. The topological polar surface area (TPSA) is 12.0 Å². The lowest BCUT2D eigenvalue weighted by molar-refractivity contribution is 0.383. The fourth-order valence-electron chi connectivity index (χ4n) is 2.49. The van der Waals surface area contributed by atoms with Crippen molar-refractivity contribution in [3.63, 3.8) is 0 Å². The molecule has 0 aliphatic heterocycles. The largest absolute Gasteiger partial charge is 0.307 e. The Kier molecular flexibility index (Phi) is 3.63. The molecule has 14 heavy (non-hydrogen) atoms. The van der Waals surface area contributed by atoms with Crippen LogP contribution in [0.25, 0.3) is 0 Å². The lowest BCUT2D eigenvalue weighted by atomic mass is 9.99. The Morgan fingerprint density at radius 1 is 1.36 bits per heavy atom. The maximum atomic E-state index is 3.83. The van der Waals surface area contributed by atoms with Gasteiger partial charge >= 0.3 is 0 Å². The van der Waals surface area contributed by atoms with Crippen LogP contribution in [0.15, 0.2) is 12.2 Å². The maximum Gasteiger partial charge on any atom is 0.0252 e. The Balaban J connectivity index is 1.79. The normalized spacial score (nSPS) is 29.1. The van der Waals surface area contributed by atoms with Crippen LogP contribution in [-0.2, 0) is 0 Å². The average Bonchev–Trinajstić information content (AvgIpc) is 3.02. The van der Waals surface area contributed by atoms with Gasteiger partial charge in [0.2, 0.25) is 0 Å². The third kappa shape index (κ3) is 2.84. The molecule has 0 aromatic rings. The minimum absolute atomic E-state index is 0.681. The molecular formula is C13H23N. The molecule has 0 saturated heterocycles. The molecule has 0 aromatic heterocycles. The van der Waals surface area contributed by atoms with Crippen molar-refractivity contribution in [1.29, 1.82) is 0 Å². The van der Waals surface area contributed by atoms with Crippen molar-refractivity contribution >= 4 is 0 Å². The van der Waals surface area contributed by atoms with Gasteiger partial charge in [0, 0.05) is 12.1 Å². The third-order valence-corrected chi connectivity index (χ3v) is 3.47. The number of hydrogen-bond donors (Lipinski definition) is 1. The van der Waals surface area contributed by atoms with Gasteiger partial charge in [-0.25, -0.2) is 0 Å². The van der Waals surface area contributed by atoms with Crippen LogP contribution >= 0.6 is 0 Å². The molecule has 2 aliphatic carbocycles. The predicted molar refractivity (Wildman–Crippen MR) is 61.3 cm³/mol. The maximum absolute atomic E-state index is 3.83. The van der Waals surface area contributed by atoms with E-state index in [-0.39, 0.29) is 0 Å². The number of hydrogen-bond acceptors (Lipinski definition) is 1. The summed E-state index contributed by atoms with van der Waals surface area (Å²) in [6.45, 7) is 2.30. The van der Waals surface area contributed by atoms with Crippen LogP contribution in [-0.4, -0.2) is 12.1 Å². The monoisotopic (exact) mass is 193 g/mol. The SMILES string of the molecule is CCCC(NC1C=CCCC1)C1CC1. The zero-order valence-electron chi connectivity index (χ0n) is 9.34. The van der Waals surface area contributed by atoms with Gasteiger partial charge in [-0.2, -0.15) is 0 Å². The second-order valence-electron chi connectivity index (χ2n) is 4.86. The molecule has 2 rings (SSSR count). The van der Waals surface area contributed by atoms with Gasteiger partial charge in [-0.05, 0) is 44.4 Å². The molecule has 0 radical (unpaired) electrons. The predicted octanol–water partition coefficient (Wildman–Crippen LogP) is 3.26. The summed E-state index contributed by atoms with van der Waals surface area (Å²) in [6.07, 6.45) is 14.4. The van der Waals surface area contributed by atoms with E-state index in [4.69, 9.17) is 0 Å². The number of rotatable bonds is 5. The van der Waals surface area contributed by atoms with Crippen molar-refractivity contribution < 1.29 is 0 Å². The Labute approximate surface area is 88.0 Å². The molecule has 1 fully saturated rings. The number of nitrogens with one attached hydrogen (secondary N) is 1. The van der Waals surface area contributed by atoms with Crippen LogP contribution in [0, 0.1) is 5.92 Å². The quantitative estimate of drug-likeness (QED) is 0.661. The van der Waals surface area contributed by atoms with Crippen molar-refractivity contribution in [3.8, 4) is 0 Å². The Morgan fingerprint density at radius 3 is 2.79 bits per heavy atom. The van der Waals surface area contributed by atoms with Crippen molar-refractivity contribution in [1.82, 2.24) is 5.32 Å². The van der Waals surface area contributed by atoms with Crippen LogP contribution in [0.5, 0.6) is 0 Å². The first-order valence-electron chi connectivity index (χ1n) is 6.33. The molecule has 80 valence electrons. The molecular weight excluding hydrogens is 170 g/mol. The van der Waals surface area contributed by atoms with E-state index in [1.807, 2.05) is 0 Å². The first kappa shape index (κ1) is 10.2. The van der Waals surface area contributed by atoms with E-state index in [2.05, 4.69) is 24.4 Å². The standard InChI is InChI=1S/C13H23N/c1-2-6-13(11-9-10-11)14-12-7-4-3-5-8-12/h4,7,11-14H,2-3,5-6,8-10H2,1H3. The van der Waals surface area contributed by atoms with Gasteiger partial charge in [-0.1, -0.05) is 25.5 Å². The van der Waals surface area contributed by atoms with Crippen LogP contribution < -0.4 is 5.32 Å². The summed E-state index contributed by atoms with van der Waals surface area (Å²) in [5.41, 5.74) is 0. The van der Waals surface area contributed by atoms with Crippen LogP contribution in [0.3, 0.4) is 0 Å². The molecule has 2 aliphatic rings. The highest BCUT2D eigenvalue weighted by atomic mass is 15.0. The van der Waals surface area contributed by atoms with Gasteiger partial charge in [-0.3, -0.25) is 0 Å². The van der Waals surface area contributed by atoms with E-state index in [1.165, 1.54) is 44.9 Å². The van der Waals surface area contributed by atoms with Gasteiger partial charge in [0.1, 0.15) is 0 Å². The van der Waals surface area contributed by atoms with E-state index >= 15 is 0 Å². The summed E-state index contributed by atoms with van der Waals surface area (Å²) < 4.78 is 0. The lowest BCUT2D eigenvalue weighted by Crippen LogP contribution is -2.39. The van der Waals surface area contributed by atoms with Gasteiger partial charge < -0.3 is 5.32 Å². The van der Waals surface area contributed by atoms with E-state index in [0.717, 1.165) is 12.0 Å². The van der Waals surface area contributed by atoms with Crippen molar-refractivity contribution in [3.05, 3.63) is 12.2 Å². The van der Waals surface area contributed by atoms with Crippen LogP contribution in [0.1, 0.15) is 51.9 Å². The molecule has 1 heteroatoms. The molecule has 0 amide bonds. The Bertz CT molecular complexity index is 193. The summed E-state index contributed by atoms with van der Waals surface area (Å²) in [5.74, 6) is 1.00. The molecule has 0 aromatic carbocycles. The highest BCUT2D eigenvalue weighted by molar-refractivity contribution is 5.00. The van der Waals surface area contributed by atoms with E-state index in [1.54, 1.807) is 0 Å². The van der Waals surface area contributed by atoms with Crippen molar-refractivity contribution in [2.24, 2.45) is 5.92 Å². The van der Waals surface area contributed by atoms with Crippen LogP contribution in [0.4, 0.5) is 0 Å².